The van der Waals surface area contributed by atoms with Crippen molar-refractivity contribution in [3.8, 4) is 0 Å². The predicted octanol–water partition coefficient (Wildman–Crippen LogP) is 10.6. The zero-order valence-corrected chi connectivity index (χ0v) is 27.0. The average molecular weight is 573 g/mol. The second-order valence-corrected chi connectivity index (χ2v) is 14.2. The average Bonchev–Trinajstić information content (AvgIpc) is 3.00. The van der Waals surface area contributed by atoms with Crippen LogP contribution >= 0.6 is 0 Å². The zero-order valence-electron chi connectivity index (χ0n) is 27.0. The van der Waals surface area contributed by atoms with E-state index in [1.54, 1.807) is 0 Å². The third-order valence-corrected chi connectivity index (χ3v) is 10.8. The van der Waals surface area contributed by atoms with Crippen LogP contribution in [0.3, 0.4) is 0 Å². The molecule has 238 valence electrons. The van der Waals surface area contributed by atoms with Gasteiger partial charge in [-0.3, -0.25) is 0 Å². The lowest BCUT2D eigenvalue weighted by atomic mass is 9.64. The first-order valence-electron chi connectivity index (χ1n) is 18.4. The number of aliphatic hydroxyl groups is 2. The van der Waals surface area contributed by atoms with Gasteiger partial charge in [0.05, 0.1) is 25.4 Å². The summed E-state index contributed by atoms with van der Waals surface area (Å²) in [6, 6.07) is 0. The van der Waals surface area contributed by atoms with Gasteiger partial charge in [-0.25, -0.2) is 0 Å². The maximum atomic E-state index is 13.4. The first-order chi connectivity index (χ1) is 20.1. The van der Waals surface area contributed by atoms with Crippen LogP contribution in [0.2, 0.25) is 0 Å². The molecule has 0 unspecified atom stereocenters. The minimum Gasteiger partial charge on any atom is -0.392 e. The fourth-order valence-electron chi connectivity index (χ4n) is 8.30. The van der Waals surface area contributed by atoms with Crippen molar-refractivity contribution in [2.24, 2.45) is 17.8 Å². The molecule has 3 aliphatic rings. The third kappa shape index (κ3) is 12.9. The molecule has 0 saturated heterocycles. The van der Waals surface area contributed by atoms with Crippen molar-refractivity contribution in [3.05, 3.63) is 23.8 Å². The van der Waals surface area contributed by atoms with Crippen molar-refractivity contribution in [2.45, 2.75) is 179 Å². The van der Waals surface area contributed by atoms with Gasteiger partial charge in [0.1, 0.15) is 0 Å². The van der Waals surface area contributed by atoms with Crippen LogP contribution in [-0.4, -0.2) is 35.6 Å². The normalized spacial score (nSPS) is 24.0. The van der Waals surface area contributed by atoms with Crippen LogP contribution in [-0.2, 0) is 4.74 Å². The van der Waals surface area contributed by atoms with Crippen LogP contribution in [0.4, 0.5) is 0 Å². The van der Waals surface area contributed by atoms with E-state index in [1.165, 1.54) is 153 Å². The van der Waals surface area contributed by atoms with Crippen LogP contribution in [0.25, 0.3) is 0 Å². The Morgan fingerprint density at radius 2 is 0.902 bits per heavy atom. The molecule has 0 heterocycles. The first-order valence-corrected chi connectivity index (χ1v) is 18.4. The van der Waals surface area contributed by atoms with Gasteiger partial charge in [0, 0.05) is 0 Å². The molecule has 0 aliphatic heterocycles. The molecule has 0 aromatic heterocycles. The van der Waals surface area contributed by atoms with Gasteiger partial charge in [-0.05, 0) is 67.4 Å². The van der Waals surface area contributed by atoms with Gasteiger partial charge in [0.25, 0.3) is 0 Å². The predicted molar refractivity (Wildman–Crippen MR) is 175 cm³/mol. The van der Waals surface area contributed by atoms with E-state index < -0.39 is 5.60 Å². The number of hydrogen-bond donors (Lipinski definition) is 2. The van der Waals surface area contributed by atoms with Gasteiger partial charge in [-0.2, -0.15) is 0 Å². The molecule has 0 aromatic rings. The molecule has 0 amide bonds. The van der Waals surface area contributed by atoms with Crippen molar-refractivity contribution < 1.29 is 14.9 Å². The van der Waals surface area contributed by atoms with Crippen LogP contribution < -0.4 is 0 Å². The van der Waals surface area contributed by atoms with E-state index in [1.807, 2.05) is 0 Å². The van der Waals surface area contributed by atoms with Crippen LogP contribution in [0.5, 0.6) is 0 Å². The lowest BCUT2D eigenvalue weighted by Gasteiger charge is -2.46. The second-order valence-electron chi connectivity index (χ2n) is 14.2. The number of ether oxygens (including phenoxy) is 1. The van der Waals surface area contributed by atoms with Gasteiger partial charge in [0.15, 0.2) is 0 Å². The first kappa shape index (κ1) is 34.8. The minimum absolute atomic E-state index is 0.0306. The highest BCUT2D eigenvalue weighted by Crippen LogP contribution is 2.46. The maximum absolute atomic E-state index is 13.4. The maximum Gasteiger partial charge on any atom is 0.0934 e. The monoisotopic (exact) mass is 573 g/mol. The Bertz CT molecular complexity index is 656. The Morgan fingerprint density at radius 1 is 0.561 bits per heavy atom. The number of hydrogen-bond acceptors (Lipinski definition) is 3. The molecule has 0 radical (unpaired) electrons. The summed E-state index contributed by atoms with van der Waals surface area (Å²) in [6.07, 6.45) is 37.5. The van der Waals surface area contributed by atoms with Gasteiger partial charge in [0.2, 0.25) is 0 Å². The third-order valence-electron chi connectivity index (χ3n) is 10.8. The Hall–Kier alpha value is -0.640. The van der Waals surface area contributed by atoms with E-state index in [4.69, 9.17) is 4.74 Å². The molecular formula is C38H68O3. The summed E-state index contributed by atoms with van der Waals surface area (Å²) in [4.78, 5) is 0. The Kier molecular flexibility index (Phi) is 18.0. The van der Waals surface area contributed by atoms with Crippen molar-refractivity contribution in [3.63, 3.8) is 0 Å². The Morgan fingerprint density at radius 3 is 1.27 bits per heavy atom. The van der Waals surface area contributed by atoms with Crippen molar-refractivity contribution >= 4 is 0 Å². The van der Waals surface area contributed by atoms with Gasteiger partial charge < -0.3 is 14.9 Å². The number of aliphatic hydroxyl groups excluding tert-OH is 1. The fraction of sp³-hybridized carbons (Fsp3) is 0.895. The lowest BCUT2D eigenvalue weighted by molar-refractivity contribution is -0.0625. The summed E-state index contributed by atoms with van der Waals surface area (Å²) in [5, 5.41) is 23.0. The van der Waals surface area contributed by atoms with Crippen molar-refractivity contribution in [2.75, 3.05) is 19.8 Å². The molecule has 2 N–H and O–H groups in total. The molecule has 0 aromatic carbocycles. The smallest absolute Gasteiger partial charge is 0.0934 e. The van der Waals surface area contributed by atoms with Gasteiger partial charge in [-0.15, -0.1) is 0 Å². The Labute approximate surface area is 255 Å². The highest BCUT2D eigenvalue weighted by molar-refractivity contribution is 5.23. The van der Waals surface area contributed by atoms with E-state index >= 15 is 0 Å². The largest absolute Gasteiger partial charge is 0.392 e. The van der Waals surface area contributed by atoms with E-state index in [0.717, 1.165) is 31.3 Å². The summed E-state index contributed by atoms with van der Waals surface area (Å²) in [6.45, 7) is 4.83. The summed E-state index contributed by atoms with van der Waals surface area (Å²) >= 11 is 0. The molecule has 41 heavy (non-hydrogen) atoms. The Balaban J connectivity index is 1.98. The van der Waals surface area contributed by atoms with Gasteiger partial charge >= 0.3 is 0 Å². The van der Waals surface area contributed by atoms with E-state index in [9.17, 15) is 10.2 Å². The van der Waals surface area contributed by atoms with Crippen LogP contribution in [0.15, 0.2) is 23.8 Å². The lowest BCUT2D eigenvalue weighted by Crippen LogP contribution is -2.49. The van der Waals surface area contributed by atoms with Crippen LogP contribution in [0.1, 0.15) is 173 Å². The summed E-state index contributed by atoms with van der Waals surface area (Å²) in [7, 11) is 0. The highest BCUT2D eigenvalue weighted by Gasteiger charge is 2.45. The number of rotatable bonds is 9. The standard InChI is InChI=1S/C38H68O3/c1-33(30-39)31-41-32-37(29-34-23-17-11-5-2-6-12-18-24-34)38(40,35-25-19-13-7-3-8-14-20-26-35)36-27-21-15-9-4-10-16-22-28-36/h29,34-36,39-40H,1-28,30-32H2. The quantitative estimate of drug-likeness (QED) is 0.270. The highest BCUT2D eigenvalue weighted by atomic mass is 16.5. The topological polar surface area (TPSA) is 49.7 Å². The molecule has 0 atom stereocenters. The molecule has 3 heteroatoms. The summed E-state index contributed by atoms with van der Waals surface area (Å²) in [5.41, 5.74) is 1.15. The van der Waals surface area contributed by atoms with Gasteiger partial charge in [-0.1, -0.05) is 147 Å². The molecule has 3 saturated carbocycles. The van der Waals surface area contributed by atoms with Crippen molar-refractivity contribution in [1.82, 2.24) is 0 Å². The number of allylic oxidation sites excluding steroid dienone is 1. The zero-order chi connectivity index (χ0) is 29.0. The van der Waals surface area contributed by atoms with Crippen LogP contribution in [0, 0.1) is 17.8 Å². The molecular weight excluding hydrogens is 504 g/mol. The minimum atomic E-state index is -0.783. The molecule has 3 rings (SSSR count). The van der Waals surface area contributed by atoms with E-state index in [0.29, 0.717) is 31.0 Å². The van der Waals surface area contributed by atoms with E-state index in [-0.39, 0.29) is 6.61 Å². The molecule has 0 spiro atoms. The summed E-state index contributed by atoms with van der Waals surface area (Å²) in [5.74, 6) is 1.19. The molecule has 3 aliphatic carbocycles. The second kappa shape index (κ2) is 21.1. The van der Waals surface area contributed by atoms with Crippen molar-refractivity contribution in [1.29, 1.82) is 0 Å². The molecule has 0 bridgehead atoms. The molecule has 3 nitrogen and oxygen atoms in total. The molecule has 3 fully saturated rings. The SMILES string of the molecule is C=C(CO)COCC(=CC1CCCCCCCCC1)C(O)(C1CCCCCCCCC1)C1CCCCCCCCC1. The van der Waals surface area contributed by atoms with E-state index in [2.05, 4.69) is 12.7 Å². The fourth-order valence-corrected chi connectivity index (χ4v) is 8.30. The summed E-state index contributed by atoms with van der Waals surface area (Å²) < 4.78 is 6.33.